The molecule has 2 nitrogen and oxygen atoms in total. The van der Waals surface area contributed by atoms with Crippen molar-refractivity contribution < 1.29 is 4.79 Å². The van der Waals surface area contributed by atoms with Crippen LogP contribution in [0.4, 0.5) is 5.69 Å². The maximum Gasteiger partial charge on any atom is 0.162 e. The van der Waals surface area contributed by atoms with E-state index in [0.29, 0.717) is 6.42 Å². The van der Waals surface area contributed by atoms with Gasteiger partial charge in [-0.25, -0.2) is 0 Å². The monoisotopic (exact) mass is 245 g/mol. The second kappa shape index (κ2) is 6.03. The normalized spacial score (nSPS) is 15.9. The van der Waals surface area contributed by atoms with Crippen LogP contribution < -0.4 is 4.90 Å². The molecule has 0 N–H and O–H groups in total. The van der Waals surface area contributed by atoms with E-state index in [4.69, 9.17) is 0 Å². The lowest BCUT2D eigenvalue weighted by Crippen LogP contribution is -2.23. The van der Waals surface area contributed by atoms with Crippen LogP contribution in [0.25, 0.3) is 0 Å². The van der Waals surface area contributed by atoms with Crippen LogP contribution in [-0.2, 0) is 0 Å². The van der Waals surface area contributed by atoms with Gasteiger partial charge in [0.1, 0.15) is 0 Å². The Labute approximate surface area is 110 Å². The summed E-state index contributed by atoms with van der Waals surface area (Å²) < 4.78 is 0. The van der Waals surface area contributed by atoms with Crippen LogP contribution in [0, 0.1) is 5.92 Å². The fourth-order valence-electron chi connectivity index (χ4n) is 2.79. The van der Waals surface area contributed by atoms with Crippen LogP contribution in [0.5, 0.6) is 0 Å². The second-order valence-electron chi connectivity index (χ2n) is 5.35. The first-order valence-corrected chi connectivity index (χ1v) is 7.05. The van der Waals surface area contributed by atoms with Gasteiger partial charge in [-0.15, -0.1) is 0 Å². The van der Waals surface area contributed by atoms with Crippen molar-refractivity contribution in [3.8, 4) is 0 Å². The van der Waals surface area contributed by atoms with Gasteiger partial charge in [0, 0.05) is 31.3 Å². The van der Waals surface area contributed by atoms with Gasteiger partial charge in [0.25, 0.3) is 0 Å². The Balaban J connectivity index is 1.97. The number of hydrogen-bond acceptors (Lipinski definition) is 2. The van der Waals surface area contributed by atoms with E-state index in [9.17, 15) is 4.79 Å². The van der Waals surface area contributed by atoms with Crippen LogP contribution in [0.1, 0.15) is 49.4 Å². The first-order valence-electron chi connectivity index (χ1n) is 7.05. The summed E-state index contributed by atoms with van der Waals surface area (Å²) >= 11 is 0. The Morgan fingerprint density at radius 3 is 2.39 bits per heavy atom. The maximum atomic E-state index is 11.6. The van der Waals surface area contributed by atoms with Crippen LogP contribution >= 0.6 is 0 Å². The summed E-state index contributed by atoms with van der Waals surface area (Å²) in [5.41, 5.74) is 2.05. The maximum absolute atomic E-state index is 11.6. The lowest BCUT2D eigenvalue weighted by atomic mass is 10.1. The summed E-state index contributed by atoms with van der Waals surface area (Å²) in [7, 11) is 2.15. The Morgan fingerprint density at radius 2 is 1.83 bits per heavy atom. The standard InChI is InChI=1S/C16H23NO/c1-3-16(18)14-8-10-15(11-9-14)17(2)12-13-6-4-5-7-13/h8-11,13H,3-7,12H2,1-2H3. The number of carbonyl (C=O) groups excluding carboxylic acids is 1. The lowest BCUT2D eigenvalue weighted by Gasteiger charge is -2.23. The van der Waals surface area contributed by atoms with Crippen molar-refractivity contribution in [3.05, 3.63) is 29.8 Å². The molecule has 1 fully saturated rings. The van der Waals surface area contributed by atoms with E-state index >= 15 is 0 Å². The van der Waals surface area contributed by atoms with E-state index in [2.05, 4.69) is 24.1 Å². The molecule has 98 valence electrons. The van der Waals surface area contributed by atoms with E-state index in [1.807, 2.05) is 19.1 Å². The van der Waals surface area contributed by atoms with E-state index in [0.717, 1.165) is 18.0 Å². The van der Waals surface area contributed by atoms with Crippen molar-refractivity contribution in [2.45, 2.75) is 39.0 Å². The Morgan fingerprint density at radius 1 is 1.22 bits per heavy atom. The van der Waals surface area contributed by atoms with E-state index < -0.39 is 0 Å². The molecule has 0 amide bonds. The molecular weight excluding hydrogens is 222 g/mol. The SMILES string of the molecule is CCC(=O)c1ccc(N(C)CC2CCCC2)cc1. The van der Waals surface area contributed by atoms with Gasteiger partial charge in [0.2, 0.25) is 0 Å². The molecule has 0 unspecified atom stereocenters. The average molecular weight is 245 g/mol. The minimum Gasteiger partial charge on any atom is -0.374 e. The first kappa shape index (κ1) is 13.1. The van der Waals surface area contributed by atoms with Gasteiger partial charge in [-0.05, 0) is 43.0 Å². The van der Waals surface area contributed by atoms with Crippen molar-refractivity contribution in [2.24, 2.45) is 5.92 Å². The van der Waals surface area contributed by atoms with Gasteiger partial charge in [-0.2, -0.15) is 0 Å². The molecule has 1 aromatic rings. The van der Waals surface area contributed by atoms with Gasteiger partial charge < -0.3 is 4.90 Å². The summed E-state index contributed by atoms with van der Waals surface area (Å²) in [6, 6.07) is 8.04. The summed E-state index contributed by atoms with van der Waals surface area (Å²) in [5.74, 6) is 1.08. The molecule has 0 bridgehead atoms. The van der Waals surface area contributed by atoms with Crippen molar-refractivity contribution in [1.82, 2.24) is 0 Å². The Hall–Kier alpha value is -1.31. The van der Waals surface area contributed by atoms with Gasteiger partial charge in [-0.1, -0.05) is 19.8 Å². The molecule has 2 rings (SSSR count). The van der Waals surface area contributed by atoms with E-state index in [1.165, 1.54) is 31.4 Å². The van der Waals surface area contributed by atoms with E-state index in [1.54, 1.807) is 0 Å². The lowest BCUT2D eigenvalue weighted by molar-refractivity contribution is 0.0988. The van der Waals surface area contributed by atoms with Crippen molar-refractivity contribution in [2.75, 3.05) is 18.5 Å². The molecule has 1 aliphatic carbocycles. The topological polar surface area (TPSA) is 20.3 Å². The summed E-state index contributed by atoms with van der Waals surface area (Å²) in [6.45, 7) is 3.05. The number of rotatable bonds is 5. The number of carbonyl (C=O) groups is 1. The quantitative estimate of drug-likeness (QED) is 0.733. The highest BCUT2D eigenvalue weighted by molar-refractivity contribution is 5.96. The Bertz CT molecular complexity index is 390. The minimum absolute atomic E-state index is 0.222. The summed E-state index contributed by atoms with van der Waals surface area (Å²) in [6.07, 6.45) is 6.11. The third-order valence-electron chi connectivity index (χ3n) is 3.96. The fraction of sp³-hybridized carbons (Fsp3) is 0.562. The zero-order valence-corrected chi connectivity index (χ0v) is 11.5. The highest BCUT2D eigenvalue weighted by Crippen LogP contribution is 2.26. The third kappa shape index (κ3) is 3.12. The molecule has 1 saturated carbocycles. The first-order chi connectivity index (χ1) is 8.70. The number of nitrogens with zero attached hydrogens (tertiary/aromatic N) is 1. The minimum atomic E-state index is 0.222. The van der Waals surface area contributed by atoms with Crippen LogP contribution in [0.3, 0.4) is 0 Å². The zero-order valence-electron chi connectivity index (χ0n) is 11.5. The molecule has 1 aromatic carbocycles. The molecule has 0 radical (unpaired) electrons. The molecule has 18 heavy (non-hydrogen) atoms. The average Bonchev–Trinajstić information content (AvgIpc) is 2.91. The number of hydrogen-bond donors (Lipinski definition) is 0. The number of Topliss-reactive ketones (excluding diaryl/α,β-unsaturated/α-hetero) is 1. The molecule has 0 saturated heterocycles. The van der Waals surface area contributed by atoms with E-state index in [-0.39, 0.29) is 5.78 Å². The molecule has 0 aromatic heterocycles. The molecule has 1 aliphatic rings. The summed E-state index contributed by atoms with van der Waals surface area (Å²) in [5, 5.41) is 0. The highest BCUT2D eigenvalue weighted by atomic mass is 16.1. The van der Waals surface area contributed by atoms with Crippen molar-refractivity contribution >= 4 is 11.5 Å². The molecule has 0 aliphatic heterocycles. The van der Waals surface area contributed by atoms with Gasteiger partial charge in [-0.3, -0.25) is 4.79 Å². The van der Waals surface area contributed by atoms with Crippen molar-refractivity contribution in [1.29, 1.82) is 0 Å². The highest BCUT2D eigenvalue weighted by Gasteiger charge is 2.17. The molecule has 0 heterocycles. The largest absolute Gasteiger partial charge is 0.374 e. The number of benzene rings is 1. The third-order valence-corrected chi connectivity index (χ3v) is 3.96. The van der Waals surface area contributed by atoms with Crippen LogP contribution in [0.15, 0.2) is 24.3 Å². The second-order valence-corrected chi connectivity index (χ2v) is 5.35. The number of ketones is 1. The predicted molar refractivity (Wildman–Crippen MR) is 76.3 cm³/mol. The fourth-order valence-corrected chi connectivity index (χ4v) is 2.79. The van der Waals surface area contributed by atoms with Gasteiger partial charge >= 0.3 is 0 Å². The van der Waals surface area contributed by atoms with Crippen LogP contribution in [-0.4, -0.2) is 19.4 Å². The molecular formula is C16H23NO. The smallest absolute Gasteiger partial charge is 0.162 e. The predicted octanol–water partition coefficient (Wildman–Crippen LogP) is 3.91. The van der Waals surface area contributed by atoms with Crippen LogP contribution in [0.2, 0.25) is 0 Å². The van der Waals surface area contributed by atoms with Gasteiger partial charge in [0.05, 0.1) is 0 Å². The Kier molecular flexibility index (Phi) is 4.40. The van der Waals surface area contributed by atoms with Crippen molar-refractivity contribution in [3.63, 3.8) is 0 Å². The van der Waals surface area contributed by atoms with Gasteiger partial charge in [0.15, 0.2) is 5.78 Å². The zero-order chi connectivity index (χ0) is 13.0. The molecule has 0 spiro atoms. The number of anilines is 1. The molecule has 0 atom stereocenters. The summed E-state index contributed by atoms with van der Waals surface area (Å²) in [4.78, 5) is 13.9. The molecule has 2 heteroatoms.